The van der Waals surface area contributed by atoms with E-state index in [4.69, 9.17) is 5.41 Å². The lowest BCUT2D eigenvalue weighted by Crippen LogP contribution is -2.03. The fraction of sp³-hybridized carbons (Fsp3) is 0.278. The van der Waals surface area contributed by atoms with Gasteiger partial charge in [-0.05, 0) is 55.1 Å². The van der Waals surface area contributed by atoms with Crippen molar-refractivity contribution in [2.75, 3.05) is 0 Å². The predicted octanol–water partition coefficient (Wildman–Crippen LogP) is 5.31. The van der Waals surface area contributed by atoms with Crippen LogP contribution < -0.4 is 0 Å². The molecule has 0 radical (unpaired) electrons. The molecule has 0 spiro atoms. The molecular weight excluding hydrogens is 230 g/mol. The average Bonchev–Trinajstić information content (AvgIpc) is 2.38. The maximum Gasteiger partial charge on any atom is 0.0608 e. The van der Waals surface area contributed by atoms with Gasteiger partial charge in [0.2, 0.25) is 0 Å². The van der Waals surface area contributed by atoms with Crippen LogP contribution in [0.1, 0.15) is 33.6 Å². The Morgan fingerprint density at radius 2 is 2.21 bits per heavy atom. The highest BCUT2D eigenvalue weighted by Crippen LogP contribution is 2.24. The number of rotatable bonds is 5. The first-order chi connectivity index (χ1) is 9.12. The summed E-state index contributed by atoms with van der Waals surface area (Å²) in [6, 6.07) is 0. The van der Waals surface area contributed by atoms with E-state index >= 15 is 0 Å². The van der Waals surface area contributed by atoms with E-state index in [-0.39, 0.29) is 0 Å². The van der Waals surface area contributed by atoms with Crippen LogP contribution in [0.25, 0.3) is 0 Å². The fourth-order valence-corrected chi connectivity index (χ4v) is 2.13. The highest BCUT2D eigenvalue weighted by Gasteiger charge is 2.10. The molecule has 100 valence electrons. The summed E-state index contributed by atoms with van der Waals surface area (Å²) in [7, 11) is 0. The lowest BCUT2D eigenvalue weighted by atomic mass is 9.91. The molecule has 1 aliphatic carbocycles. The Kier molecular flexibility index (Phi) is 6.01. The molecular formula is C18H23N. The van der Waals surface area contributed by atoms with Crippen LogP contribution in [-0.4, -0.2) is 5.71 Å². The van der Waals surface area contributed by atoms with Gasteiger partial charge >= 0.3 is 0 Å². The van der Waals surface area contributed by atoms with Gasteiger partial charge in [0.1, 0.15) is 0 Å². The van der Waals surface area contributed by atoms with Crippen molar-refractivity contribution < 1.29 is 0 Å². The van der Waals surface area contributed by atoms with Gasteiger partial charge < -0.3 is 5.41 Å². The molecule has 1 rings (SSSR count). The first-order valence-corrected chi connectivity index (χ1v) is 6.75. The maximum absolute atomic E-state index is 7.98. The molecule has 0 fully saturated rings. The molecule has 0 atom stereocenters. The third kappa shape index (κ3) is 4.36. The van der Waals surface area contributed by atoms with Crippen molar-refractivity contribution in [1.82, 2.24) is 0 Å². The van der Waals surface area contributed by atoms with Crippen molar-refractivity contribution in [2.24, 2.45) is 0 Å². The van der Waals surface area contributed by atoms with Gasteiger partial charge in [-0.3, -0.25) is 0 Å². The first-order valence-electron chi connectivity index (χ1n) is 6.75. The van der Waals surface area contributed by atoms with Gasteiger partial charge in [-0.1, -0.05) is 50.0 Å². The van der Waals surface area contributed by atoms with Crippen molar-refractivity contribution in [3.8, 4) is 0 Å². The molecule has 1 N–H and O–H groups in total. The number of allylic oxidation sites excluding steroid dienone is 11. The van der Waals surface area contributed by atoms with E-state index in [0.29, 0.717) is 5.71 Å². The smallest absolute Gasteiger partial charge is 0.0608 e. The second-order valence-electron chi connectivity index (χ2n) is 4.61. The zero-order valence-electron chi connectivity index (χ0n) is 12.2. The van der Waals surface area contributed by atoms with Crippen molar-refractivity contribution in [3.05, 3.63) is 71.4 Å². The van der Waals surface area contributed by atoms with E-state index in [1.165, 1.54) is 11.1 Å². The van der Waals surface area contributed by atoms with Crippen LogP contribution in [0.3, 0.4) is 0 Å². The van der Waals surface area contributed by atoms with Gasteiger partial charge in [0.25, 0.3) is 0 Å². The molecule has 0 aliphatic heterocycles. The number of nitrogens with one attached hydrogen (secondary N) is 1. The van der Waals surface area contributed by atoms with E-state index in [1.54, 1.807) is 0 Å². The Bertz CT molecular complexity index is 508. The normalized spacial score (nSPS) is 18.5. The molecule has 0 unspecified atom stereocenters. The summed E-state index contributed by atoms with van der Waals surface area (Å²) in [6.45, 7) is 9.90. The van der Waals surface area contributed by atoms with Gasteiger partial charge in [-0.2, -0.15) is 0 Å². The minimum absolute atomic E-state index is 0.590. The summed E-state index contributed by atoms with van der Waals surface area (Å²) in [4.78, 5) is 0. The molecule has 0 saturated heterocycles. The third-order valence-electron chi connectivity index (χ3n) is 3.10. The highest BCUT2D eigenvalue weighted by atomic mass is 14.4. The fourth-order valence-electron chi connectivity index (χ4n) is 2.13. The summed E-state index contributed by atoms with van der Waals surface area (Å²) < 4.78 is 0. The second-order valence-corrected chi connectivity index (χ2v) is 4.61. The van der Waals surface area contributed by atoms with Crippen LogP contribution in [0.5, 0.6) is 0 Å². The maximum atomic E-state index is 7.98. The average molecular weight is 253 g/mol. The van der Waals surface area contributed by atoms with Gasteiger partial charge in [-0.25, -0.2) is 0 Å². The van der Waals surface area contributed by atoms with Gasteiger partial charge in [0.15, 0.2) is 0 Å². The summed E-state index contributed by atoms with van der Waals surface area (Å²) >= 11 is 0. The molecule has 19 heavy (non-hydrogen) atoms. The zero-order valence-corrected chi connectivity index (χ0v) is 12.2. The molecule has 1 nitrogen and oxygen atoms in total. The predicted molar refractivity (Wildman–Crippen MR) is 85.7 cm³/mol. The Hall–Kier alpha value is -1.89. The van der Waals surface area contributed by atoms with Crippen LogP contribution in [0.2, 0.25) is 0 Å². The SMILES string of the molecule is C=C/C=C(\C=C1\C=C(C)C(C(=N)/C=C\C)=CC1)CC. The topological polar surface area (TPSA) is 23.9 Å². The lowest BCUT2D eigenvalue weighted by molar-refractivity contribution is 1.12. The monoisotopic (exact) mass is 253 g/mol. The zero-order chi connectivity index (χ0) is 14.3. The molecule has 0 bridgehead atoms. The Morgan fingerprint density at radius 1 is 1.47 bits per heavy atom. The largest absolute Gasteiger partial charge is 0.300 e. The quantitative estimate of drug-likeness (QED) is 0.507. The second kappa shape index (κ2) is 7.52. The molecule has 0 heterocycles. The highest BCUT2D eigenvalue weighted by molar-refractivity contribution is 6.09. The van der Waals surface area contributed by atoms with E-state index in [1.807, 2.05) is 25.2 Å². The number of hydrogen-bond acceptors (Lipinski definition) is 1. The first kappa shape index (κ1) is 15.2. The van der Waals surface area contributed by atoms with Crippen LogP contribution in [0.4, 0.5) is 0 Å². The van der Waals surface area contributed by atoms with Gasteiger partial charge in [0, 0.05) is 0 Å². The minimum atomic E-state index is 0.590. The minimum Gasteiger partial charge on any atom is -0.300 e. The van der Waals surface area contributed by atoms with Gasteiger partial charge in [-0.15, -0.1) is 0 Å². The van der Waals surface area contributed by atoms with E-state index in [2.05, 4.69) is 44.7 Å². The van der Waals surface area contributed by atoms with Crippen LogP contribution in [0, 0.1) is 5.41 Å². The summed E-state index contributed by atoms with van der Waals surface area (Å²) in [5.41, 5.74) is 5.38. The Balaban J connectivity index is 2.94. The van der Waals surface area contributed by atoms with Crippen molar-refractivity contribution in [3.63, 3.8) is 0 Å². The Labute approximate surface area is 116 Å². The third-order valence-corrected chi connectivity index (χ3v) is 3.10. The van der Waals surface area contributed by atoms with Crippen LogP contribution >= 0.6 is 0 Å². The van der Waals surface area contributed by atoms with Crippen LogP contribution in [0.15, 0.2) is 71.4 Å². The molecule has 0 saturated carbocycles. The van der Waals surface area contributed by atoms with Gasteiger partial charge in [0.05, 0.1) is 5.71 Å². The van der Waals surface area contributed by atoms with E-state index in [9.17, 15) is 0 Å². The summed E-state index contributed by atoms with van der Waals surface area (Å²) in [5, 5.41) is 7.98. The summed E-state index contributed by atoms with van der Waals surface area (Å²) in [6.07, 6.45) is 16.1. The van der Waals surface area contributed by atoms with Crippen molar-refractivity contribution in [2.45, 2.75) is 33.6 Å². The van der Waals surface area contributed by atoms with E-state index < -0.39 is 0 Å². The standard InChI is InChI=1S/C18H23N/c1-5-8-15(7-3)13-16-10-11-17(14(4)12-16)18(19)9-6-2/h5-6,8-9,11-13,19H,1,7,10H2,2-4H3/b9-6-,15-8-,16-13+,19-18?. The number of hydrogen-bond donors (Lipinski definition) is 1. The molecule has 0 aromatic heterocycles. The van der Waals surface area contributed by atoms with Crippen molar-refractivity contribution in [1.29, 1.82) is 5.41 Å². The molecule has 1 heteroatoms. The Morgan fingerprint density at radius 3 is 2.74 bits per heavy atom. The van der Waals surface area contributed by atoms with E-state index in [0.717, 1.165) is 24.0 Å². The molecule has 0 amide bonds. The molecule has 1 aliphatic rings. The summed E-state index contributed by atoms with van der Waals surface area (Å²) in [5.74, 6) is 0. The lowest BCUT2D eigenvalue weighted by Gasteiger charge is -2.14. The molecule has 0 aromatic carbocycles. The van der Waals surface area contributed by atoms with Crippen LogP contribution in [-0.2, 0) is 0 Å². The van der Waals surface area contributed by atoms with Crippen molar-refractivity contribution >= 4 is 5.71 Å². The molecule has 0 aromatic rings.